The second-order valence-corrected chi connectivity index (χ2v) is 7.31. The van der Waals surface area contributed by atoms with Crippen molar-refractivity contribution in [3.8, 4) is 11.3 Å². The van der Waals surface area contributed by atoms with E-state index in [9.17, 15) is 14.9 Å². The lowest BCUT2D eigenvalue weighted by atomic mass is 10.1. The fraction of sp³-hybridized carbons (Fsp3) is 0.0588. The predicted molar refractivity (Wildman–Crippen MR) is 105 cm³/mol. The molecule has 0 aliphatic rings. The van der Waals surface area contributed by atoms with Crippen molar-refractivity contribution < 1.29 is 9.72 Å². The zero-order valence-electron chi connectivity index (χ0n) is 13.4. The number of halogens is 1. The number of thioether (sulfide) groups is 1. The lowest BCUT2D eigenvalue weighted by molar-refractivity contribution is -0.385. The van der Waals surface area contributed by atoms with Crippen LogP contribution in [0.15, 0.2) is 52.7 Å². The highest BCUT2D eigenvalue weighted by Gasteiger charge is 2.21. The Kier molecular flexibility index (Phi) is 5.55. The lowest BCUT2D eigenvalue weighted by Gasteiger charge is -2.05. The first-order valence-electron chi connectivity index (χ1n) is 7.33. The van der Waals surface area contributed by atoms with Crippen LogP contribution in [0.4, 0.5) is 10.8 Å². The van der Waals surface area contributed by atoms with Crippen LogP contribution in [0.25, 0.3) is 11.3 Å². The summed E-state index contributed by atoms with van der Waals surface area (Å²) in [7, 11) is 0. The van der Waals surface area contributed by atoms with E-state index >= 15 is 0 Å². The van der Waals surface area contributed by atoms with Gasteiger partial charge in [0.05, 0.1) is 10.6 Å². The number of benzene rings is 2. The van der Waals surface area contributed by atoms with Gasteiger partial charge >= 0.3 is 0 Å². The number of thiazole rings is 1. The fourth-order valence-electron chi connectivity index (χ4n) is 2.23. The molecular formula is C17H12ClN3O3S2. The van der Waals surface area contributed by atoms with Crippen molar-refractivity contribution in [3.63, 3.8) is 0 Å². The lowest BCUT2D eigenvalue weighted by Crippen LogP contribution is -2.14. The highest BCUT2D eigenvalue weighted by Crippen LogP contribution is 2.28. The number of nitrogens with one attached hydrogen (secondary N) is 1. The average Bonchev–Trinajstić information content (AvgIpc) is 3.10. The monoisotopic (exact) mass is 405 g/mol. The quantitative estimate of drug-likeness (QED) is 0.351. The molecule has 6 nitrogen and oxygen atoms in total. The number of carbonyl (C=O) groups is 1. The summed E-state index contributed by atoms with van der Waals surface area (Å²) in [4.78, 5) is 28.3. The van der Waals surface area contributed by atoms with Gasteiger partial charge in [0.15, 0.2) is 5.13 Å². The number of amides is 1. The molecule has 3 rings (SSSR count). The van der Waals surface area contributed by atoms with Crippen LogP contribution in [0.2, 0.25) is 5.02 Å². The number of rotatable bonds is 5. The first kappa shape index (κ1) is 18.4. The maximum atomic E-state index is 12.5. The molecule has 0 unspecified atom stereocenters. The number of nitro groups is 1. The van der Waals surface area contributed by atoms with Gasteiger partial charge in [-0.15, -0.1) is 23.1 Å². The first-order chi connectivity index (χ1) is 12.5. The van der Waals surface area contributed by atoms with Gasteiger partial charge in [-0.2, -0.15) is 0 Å². The molecule has 0 aliphatic heterocycles. The smallest absolute Gasteiger partial charge is 0.282 e. The molecule has 0 bridgehead atoms. The molecule has 2 aromatic carbocycles. The minimum absolute atomic E-state index is 0.00472. The van der Waals surface area contributed by atoms with Crippen LogP contribution in [-0.2, 0) is 0 Å². The molecule has 1 aromatic heterocycles. The van der Waals surface area contributed by atoms with Gasteiger partial charge in [0, 0.05) is 26.9 Å². The van der Waals surface area contributed by atoms with Crippen LogP contribution in [0.3, 0.4) is 0 Å². The molecule has 1 amide bonds. The van der Waals surface area contributed by atoms with Gasteiger partial charge in [-0.05, 0) is 30.5 Å². The number of carbonyl (C=O) groups excluding carboxylic acids is 1. The molecule has 132 valence electrons. The van der Waals surface area contributed by atoms with Crippen molar-refractivity contribution in [2.45, 2.75) is 4.90 Å². The SMILES string of the molecule is CSc1ccc([N+](=O)[O-])c(C(=O)Nc2nc(-c3ccc(Cl)cc3)cs2)c1. The molecule has 0 saturated heterocycles. The minimum atomic E-state index is -0.569. The summed E-state index contributed by atoms with van der Waals surface area (Å²) in [6.45, 7) is 0. The van der Waals surface area contributed by atoms with Gasteiger partial charge in [-0.25, -0.2) is 4.98 Å². The standard InChI is InChI=1S/C17H12ClN3O3S2/c1-25-12-6-7-15(21(23)24)13(8-12)16(22)20-17-19-14(9-26-17)10-2-4-11(18)5-3-10/h2-9H,1H3,(H,19,20,22). The van der Waals surface area contributed by atoms with Crippen molar-refractivity contribution in [2.24, 2.45) is 0 Å². The Morgan fingerprint density at radius 3 is 2.65 bits per heavy atom. The summed E-state index contributed by atoms with van der Waals surface area (Å²) < 4.78 is 0. The van der Waals surface area contributed by atoms with E-state index in [-0.39, 0.29) is 11.3 Å². The van der Waals surface area contributed by atoms with Crippen LogP contribution in [0, 0.1) is 10.1 Å². The third kappa shape index (κ3) is 4.04. The third-order valence-electron chi connectivity index (χ3n) is 3.51. The van der Waals surface area contributed by atoms with Crippen molar-refractivity contribution >= 4 is 51.4 Å². The molecule has 26 heavy (non-hydrogen) atoms. The number of anilines is 1. The van der Waals surface area contributed by atoms with Crippen LogP contribution >= 0.6 is 34.7 Å². The normalized spacial score (nSPS) is 10.5. The van der Waals surface area contributed by atoms with E-state index in [1.54, 1.807) is 23.6 Å². The number of aromatic nitrogens is 1. The van der Waals surface area contributed by atoms with Crippen LogP contribution in [0.1, 0.15) is 10.4 Å². The fourth-order valence-corrected chi connectivity index (χ4v) is 3.51. The summed E-state index contributed by atoms with van der Waals surface area (Å²) in [5.41, 5.74) is 1.32. The Balaban J connectivity index is 1.85. The molecular weight excluding hydrogens is 394 g/mol. The second-order valence-electron chi connectivity index (χ2n) is 5.14. The van der Waals surface area contributed by atoms with Crippen molar-refractivity contribution in [2.75, 3.05) is 11.6 Å². The average molecular weight is 406 g/mol. The van der Waals surface area contributed by atoms with Gasteiger partial charge in [-0.1, -0.05) is 23.7 Å². The molecule has 1 N–H and O–H groups in total. The molecule has 0 aliphatic carbocycles. The van der Waals surface area contributed by atoms with Gasteiger partial charge in [0.1, 0.15) is 5.56 Å². The molecule has 0 spiro atoms. The zero-order valence-corrected chi connectivity index (χ0v) is 15.8. The number of nitro benzene ring substituents is 1. The molecule has 0 saturated carbocycles. The Morgan fingerprint density at radius 1 is 1.27 bits per heavy atom. The van der Waals surface area contributed by atoms with E-state index in [0.717, 1.165) is 10.5 Å². The zero-order chi connectivity index (χ0) is 18.7. The van der Waals surface area contributed by atoms with E-state index < -0.39 is 10.8 Å². The molecule has 0 fully saturated rings. The Morgan fingerprint density at radius 2 is 2.00 bits per heavy atom. The molecule has 0 radical (unpaired) electrons. The Hall–Kier alpha value is -2.42. The van der Waals surface area contributed by atoms with E-state index in [4.69, 9.17) is 11.6 Å². The minimum Gasteiger partial charge on any atom is -0.298 e. The van der Waals surface area contributed by atoms with E-state index in [1.165, 1.54) is 35.2 Å². The summed E-state index contributed by atoms with van der Waals surface area (Å²) in [5.74, 6) is -0.565. The van der Waals surface area contributed by atoms with Crippen LogP contribution in [-0.4, -0.2) is 22.1 Å². The molecule has 3 aromatic rings. The topological polar surface area (TPSA) is 85.1 Å². The van der Waals surface area contributed by atoms with E-state index in [0.29, 0.717) is 15.8 Å². The van der Waals surface area contributed by atoms with Crippen molar-refractivity contribution in [3.05, 3.63) is 68.5 Å². The van der Waals surface area contributed by atoms with Gasteiger partial charge < -0.3 is 0 Å². The van der Waals surface area contributed by atoms with E-state index in [2.05, 4.69) is 10.3 Å². The van der Waals surface area contributed by atoms with Crippen molar-refractivity contribution in [1.29, 1.82) is 0 Å². The number of nitrogens with zero attached hydrogens (tertiary/aromatic N) is 2. The largest absolute Gasteiger partial charge is 0.298 e. The number of hydrogen-bond donors (Lipinski definition) is 1. The maximum absolute atomic E-state index is 12.5. The summed E-state index contributed by atoms with van der Waals surface area (Å²) in [5, 5.41) is 16.6. The van der Waals surface area contributed by atoms with Crippen molar-refractivity contribution in [1.82, 2.24) is 4.98 Å². The van der Waals surface area contributed by atoms with Crippen LogP contribution in [0.5, 0.6) is 0 Å². The molecule has 0 atom stereocenters. The van der Waals surface area contributed by atoms with Crippen LogP contribution < -0.4 is 5.32 Å². The highest BCUT2D eigenvalue weighted by molar-refractivity contribution is 7.98. The van der Waals surface area contributed by atoms with Gasteiger partial charge in [0.25, 0.3) is 11.6 Å². The summed E-state index contributed by atoms with van der Waals surface area (Å²) in [6.07, 6.45) is 1.84. The Bertz CT molecular complexity index is 974. The second kappa shape index (κ2) is 7.86. The maximum Gasteiger partial charge on any atom is 0.282 e. The predicted octanol–water partition coefficient (Wildman–Crippen LogP) is 5.35. The molecule has 1 heterocycles. The first-order valence-corrected chi connectivity index (χ1v) is 9.81. The molecule has 9 heteroatoms. The number of hydrogen-bond acceptors (Lipinski definition) is 6. The van der Waals surface area contributed by atoms with Gasteiger partial charge in [0.2, 0.25) is 0 Å². The highest BCUT2D eigenvalue weighted by atomic mass is 35.5. The Labute approximate surface area is 162 Å². The third-order valence-corrected chi connectivity index (χ3v) is 5.24. The summed E-state index contributed by atoms with van der Waals surface area (Å²) >= 11 is 8.52. The van der Waals surface area contributed by atoms with Gasteiger partial charge in [-0.3, -0.25) is 20.2 Å². The summed E-state index contributed by atoms with van der Waals surface area (Å²) in [6, 6.07) is 11.6. The van der Waals surface area contributed by atoms with E-state index in [1.807, 2.05) is 18.4 Å².